The van der Waals surface area contributed by atoms with E-state index in [0.717, 1.165) is 17.4 Å². The van der Waals surface area contributed by atoms with E-state index in [1.54, 1.807) is 55.5 Å². The zero-order valence-electron chi connectivity index (χ0n) is 14.2. The zero-order valence-corrected chi connectivity index (χ0v) is 17.0. The summed E-state index contributed by atoms with van der Waals surface area (Å²) in [5, 5.41) is 33.4. The Hall–Kier alpha value is -1.65. The van der Waals surface area contributed by atoms with E-state index in [2.05, 4.69) is 19.6 Å². The number of nitrogens with two attached hydrogens (primary N) is 1. The number of rotatable bonds is 5. The molecule has 128 valence electrons. The third-order valence-corrected chi connectivity index (χ3v) is 4.35. The van der Waals surface area contributed by atoms with Crippen LogP contribution < -0.4 is 40.5 Å². The summed E-state index contributed by atoms with van der Waals surface area (Å²) in [6.45, 7) is 1.72. The van der Waals surface area contributed by atoms with Gasteiger partial charge in [-0.3, -0.25) is 5.04 Å². The molecule has 0 saturated carbocycles. The molecule has 3 aromatic carbocycles. The van der Waals surface area contributed by atoms with Gasteiger partial charge in [0, 0.05) is 21.5 Å². The van der Waals surface area contributed by atoms with Crippen molar-refractivity contribution in [3.8, 4) is 5.75 Å². The van der Waals surface area contributed by atoms with E-state index in [0.29, 0.717) is 32.9 Å². The quantitative estimate of drug-likeness (QED) is 0.171. The second-order valence-electron chi connectivity index (χ2n) is 5.26. The summed E-state index contributed by atoms with van der Waals surface area (Å²) < 4.78 is 4.35. The van der Waals surface area contributed by atoms with Crippen LogP contribution in [0.5, 0.6) is 5.75 Å². The van der Waals surface area contributed by atoms with Gasteiger partial charge in [0.25, 0.3) is 0 Å². The number of phenolic OH excluding ortho intramolecular Hbond substituents is 1. The molecule has 0 fully saturated rings. The number of phenols is 1. The molecule has 0 aliphatic heterocycles. The van der Waals surface area contributed by atoms with Crippen LogP contribution in [0.25, 0.3) is 10.8 Å². The van der Waals surface area contributed by atoms with Gasteiger partial charge in [0.1, 0.15) is 5.75 Å². The summed E-state index contributed by atoms with van der Waals surface area (Å²) in [5.74, 6) is 0.108. The van der Waals surface area contributed by atoms with Gasteiger partial charge in [-0.2, -0.15) is 14.6 Å². The van der Waals surface area contributed by atoms with Crippen LogP contribution in [0.2, 0.25) is 0 Å². The van der Waals surface area contributed by atoms with Gasteiger partial charge in [-0.25, -0.2) is 0 Å². The predicted molar refractivity (Wildman–Crippen MR) is 93.4 cm³/mol. The standard InChI is InChI=1S/C17H15N3O4S.Na/c1-10-16(25-24-23-22)9-11-8-14(6-7-15(11)17(10)21)20-19-13-4-2-12(18)3-5-13;/h2-9,21-22H,18H2,1H3;/q;+1/p-1. The summed E-state index contributed by atoms with van der Waals surface area (Å²) >= 11 is 0.733. The molecule has 0 bridgehead atoms. The molecule has 0 heterocycles. The van der Waals surface area contributed by atoms with Crippen LogP contribution in [0.3, 0.4) is 0 Å². The molecule has 3 N–H and O–H groups in total. The Balaban J connectivity index is 0.00000243. The van der Waals surface area contributed by atoms with Crippen molar-refractivity contribution in [3.05, 3.63) is 54.1 Å². The van der Waals surface area contributed by atoms with Gasteiger partial charge in [0.15, 0.2) is 0 Å². The first-order valence-electron chi connectivity index (χ1n) is 7.25. The summed E-state index contributed by atoms with van der Waals surface area (Å²) in [7, 11) is 0. The molecule has 0 amide bonds. The normalized spacial score (nSPS) is 11.0. The molecule has 0 aromatic heterocycles. The van der Waals surface area contributed by atoms with E-state index in [4.69, 9.17) is 5.73 Å². The second kappa shape index (κ2) is 9.33. The summed E-state index contributed by atoms with van der Waals surface area (Å²) in [6.07, 6.45) is 0. The van der Waals surface area contributed by atoms with E-state index < -0.39 is 0 Å². The number of aromatic hydroxyl groups is 1. The van der Waals surface area contributed by atoms with Crippen LogP contribution >= 0.6 is 12.0 Å². The molecule has 0 aliphatic carbocycles. The van der Waals surface area contributed by atoms with E-state index in [9.17, 15) is 10.4 Å². The first kappa shape index (κ1) is 20.7. The molecule has 0 aliphatic rings. The molecule has 0 atom stereocenters. The number of benzene rings is 3. The third-order valence-electron chi connectivity index (χ3n) is 3.63. The fraction of sp³-hybridized carbons (Fsp3) is 0.0588. The van der Waals surface area contributed by atoms with Crippen molar-refractivity contribution in [2.24, 2.45) is 10.2 Å². The topological polar surface area (TPSA) is 112 Å². The van der Waals surface area contributed by atoms with Crippen molar-refractivity contribution < 1.29 is 49.3 Å². The molecule has 0 unspecified atom stereocenters. The van der Waals surface area contributed by atoms with Crippen LogP contribution in [0, 0.1) is 6.92 Å². The maximum absolute atomic E-state index is 10.3. The maximum Gasteiger partial charge on any atom is 1.00 e. The van der Waals surface area contributed by atoms with Gasteiger partial charge >= 0.3 is 29.6 Å². The zero-order chi connectivity index (χ0) is 17.8. The molecule has 3 aromatic rings. The summed E-state index contributed by atoms with van der Waals surface area (Å²) in [4.78, 5) is 0.563. The smallest absolute Gasteiger partial charge is 0.691 e. The number of anilines is 1. The van der Waals surface area contributed by atoms with Crippen molar-refractivity contribution in [2.45, 2.75) is 11.8 Å². The number of fused-ring (bicyclic) bond motifs is 1. The van der Waals surface area contributed by atoms with Crippen LogP contribution in [0.4, 0.5) is 17.1 Å². The average molecular weight is 379 g/mol. The van der Waals surface area contributed by atoms with Crippen LogP contribution in [-0.4, -0.2) is 5.11 Å². The average Bonchev–Trinajstić information content (AvgIpc) is 2.63. The monoisotopic (exact) mass is 379 g/mol. The number of nitrogens with zero attached hydrogens (tertiary/aromatic N) is 2. The summed E-state index contributed by atoms with van der Waals surface area (Å²) in [5.41, 5.74) is 8.17. The Morgan fingerprint density at radius 3 is 2.38 bits per heavy atom. The van der Waals surface area contributed by atoms with Gasteiger partial charge in [-0.15, -0.1) is 0 Å². The van der Waals surface area contributed by atoms with Gasteiger partial charge in [-0.05, 0) is 60.8 Å². The van der Waals surface area contributed by atoms with E-state index in [1.807, 2.05) is 0 Å². The maximum atomic E-state index is 10.3. The third kappa shape index (κ3) is 4.74. The van der Waals surface area contributed by atoms with Crippen molar-refractivity contribution >= 4 is 39.9 Å². The molecule has 7 nitrogen and oxygen atoms in total. The van der Waals surface area contributed by atoms with E-state index >= 15 is 0 Å². The van der Waals surface area contributed by atoms with Crippen LogP contribution in [0.1, 0.15) is 5.56 Å². The first-order chi connectivity index (χ1) is 12.1. The molecule has 0 saturated heterocycles. The minimum Gasteiger partial charge on any atom is -0.691 e. The van der Waals surface area contributed by atoms with Crippen molar-refractivity contribution in [1.29, 1.82) is 0 Å². The van der Waals surface area contributed by atoms with Gasteiger partial charge in [0.2, 0.25) is 0 Å². The Labute approximate surface area is 176 Å². The molecule has 0 radical (unpaired) electrons. The number of nitrogen functional groups attached to an aromatic ring is 1. The van der Waals surface area contributed by atoms with Gasteiger partial charge in [0.05, 0.1) is 23.4 Å². The molecular weight excluding hydrogens is 365 g/mol. The fourth-order valence-electron chi connectivity index (χ4n) is 2.31. The number of hydrogen-bond donors (Lipinski definition) is 2. The summed E-state index contributed by atoms with van der Waals surface area (Å²) in [6, 6.07) is 14.1. The molecule has 0 spiro atoms. The number of azo groups is 1. The molecule has 3 rings (SSSR count). The van der Waals surface area contributed by atoms with Crippen molar-refractivity contribution in [1.82, 2.24) is 0 Å². The van der Waals surface area contributed by atoms with Gasteiger partial charge < -0.3 is 16.1 Å². The second-order valence-corrected chi connectivity index (χ2v) is 6.01. The van der Waals surface area contributed by atoms with Crippen LogP contribution in [0.15, 0.2) is 63.7 Å². The Morgan fingerprint density at radius 2 is 1.69 bits per heavy atom. The SMILES string of the molecule is Cc1c(SOO[O-])cc2cc(N=Nc3ccc(N)cc3)ccc2c1O.[Na+]. The Bertz CT molecular complexity index is 935. The Morgan fingerprint density at radius 1 is 1.04 bits per heavy atom. The van der Waals surface area contributed by atoms with Crippen LogP contribution in [-0.2, 0) is 9.37 Å². The van der Waals surface area contributed by atoms with Crippen molar-refractivity contribution in [2.75, 3.05) is 5.73 Å². The van der Waals surface area contributed by atoms with Gasteiger partial charge in [-0.1, -0.05) is 0 Å². The predicted octanol–water partition coefficient (Wildman–Crippen LogP) is 1.09. The van der Waals surface area contributed by atoms with E-state index in [1.165, 1.54) is 0 Å². The number of hydrogen-bond acceptors (Lipinski definition) is 8. The van der Waals surface area contributed by atoms with E-state index in [-0.39, 0.29) is 35.3 Å². The molecule has 9 heteroatoms. The molecule has 26 heavy (non-hydrogen) atoms. The minimum atomic E-state index is 0. The minimum absolute atomic E-state index is 0. The largest absolute Gasteiger partial charge is 1.00 e. The molecular formula is C17H14N3NaO4S. The van der Waals surface area contributed by atoms with Crippen molar-refractivity contribution in [3.63, 3.8) is 0 Å². The first-order valence-corrected chi connectivity index (χ1v) is 7.99. The fourth-order valence-corrected chi connectivity index (χ4v) is 2.81. The Kier molecular flexibility index (Phi) is 7.42.